The van der Waals surface area contributed by atoms with E-state index < -0.39 is 0 Å². The molecule has 0 spiro atoms. The summed E-state index contributed by atoms with van der Waals surface area (Å²) in [6, 6.07) is 76.9. The van der Waals surface area contributed by atoms with Crippen LogP contribution in [0.15, 0.2) is 217 Å². The molecule has 12 rings (SSSR count). The van der Waals surface area contributed by atoms with Crippen LogP contribution in [0, 0.1) is 0 Å². The topological polar surface area (TPSA) is 16.4 Å². The number of furan rings is 1. The summed E-state index contributed by atoms with van der Waals surface area (Å²) in [5.41, 5.74) is 12.1. The molecule has 12 aromatic rings. The van der Waals surface area contributed by atoms with Crippen LogP contribution in [0.4, 0.5) is 17.1 Å². The SMILES string of the molecule is c1ccc(-c2cc(N(c3ccc(-c4ccc5ccccc5c4)cc3)c3cccc4c3oc3c5ccccc5ccc43)c3sc4c(-c5ccccc5)cccc4c3c2)cc1. The van der Waals surface area contributed by atoms with Gasteiger partial charge in [0.05, 0.1) is 16.1 Å². The fourth-order valence-corrected chi connectivity index (χ4v) is 10.3. The number of benzene rings is 10. The van der Waals surface area contributed by atoms with E-state index in [0.29, 0.717) is 0 Å². The fraction of sp³-hybridized carbons (Fsp3) is 0. The molecule has 276 valence electrons. The maximum atomic E-state index is 7.08. The molecule has 0 radical (unpaired) electrons. The van der Waals surface area contributed by atoms with Crippen molar-refractivity contribution < 1.29 is 4.42 Å². The highest BCUT2D eigenvalue weighted by Crippen LogP contribution is 2.51. The van der Waals surface area contributed by atoms with Crippen LogP contribution < -0.4 is 4.90 Å². The Morgan fingerprint density at radius 1 is 0.322 bits per heavy atom. The molecule has 0 aliphatic heterocycles. The van der Waals surface area contributed by atoms with Crippen LogP contribution in [0.3, 0.4) is 0 Å². The van der Waals surface area contributed by atoms with E-state index in [0.717, 1.165) is 44.4 Å². The number of para-hydroxylation sites is 1. The minimum Gasteiger partial charge on any atom is -0.453 e. The summed E-state index contributed by atoms with van der Waals surface area (Å²) in [7, 11) is 0. The molecule has 0 aliphatic rings. The number of hydrogen-bond donors (Lipinski definition) is 0. The molecule has 0 N–H and O–H groups in total. The largest absolute Gasteiger partial charge is 0.453 e. The van der Waals surface area contributed by atoms with Gasteiger partial charge in [-0.1, -0.05) is 170 Å². The zero-order valence-electron chi connectivity index (χ0n) is 32.0. The van der Waals surface area contributed by atoms with Gasteiger partial charge in [0.15, 0.2) is 5.58 Å². The summed E-state index contributed by atoms with van der Waals surface area (Å²) in [6.45, 7) is 0. The number of thiophene rings is 1. The van der Waals surface area contributed by atoms with E-state index >= 15 is 0 Å². The third kappa shape index (κ3) is 5.55. The normalized spacial score (nSPS) is 11.7. The molecule has 2 nitrogen and oxygen atoms in total. The Bertz CT molecular complexity index is 3550. The van der Waals surface area contributed by atoms with Crippen LogP contribution in [0.5, 0.6) is 0 Å². The first kappa shape index (κ1) is 33.7. The van der Waals surface area contributed by atoms with Crippen molar-refractivity contribution in [2.24, 2.45) is 0 Å². The first-order chi connectivity index (χ1) is 29.2. The first-order valence-electron chi connectivity index (χ1n) is 20.1. The Hall–Kier alpha value is -7.46. The highest BCUT2D eigenvalue weighted by atomic mass is 32.1. The minimum atomic E-state index is 0.863. The van der Waals surface area contributed by atoms with Gasteiger partial charge in [0, 0.05) is 37.3 Å². The Kier molecular flexibility index (Phi) is 7.75. The lowest BCUT2D eigenvalue weighted by atomic mass is 9.98. The second-order valence-electron chi connectivity index (χ2n) is 15.3. The lowest BCUT2D eigenvalue weighted by Crippen LogP contribution is -2.10. The van der Waals surface area contributed by atoms with E-state index in [2.05, 4.69) is 217 Å². The lowest BCUT2D eigenvalue weighted by Gasteiger charge is -2.27. The molecule has 2 aromatic heterocycles. The van der Waals surface area contributed by atoms with Crippen molar-refractivity contribution in [1.29, 1.82) is 0 Å². The van der Waals surface area contributed by atoms with E-state index in [9.17, 15) is 0 Å². The Balaban J connectivity index is 1.15. The molecule has 0 bridgehead atoms. The Morgan fingerprint density at radius 3 is 1.78 bits per heavy atom. The molecular formula is C56H35NOS. The van der Waals surface area contributed by atoms with Crippen LogP contribution in [-0.4, -0.2) is 0 Å². The highest BCUT2D eigenvalue weighted by molar-refractivity contribution is 7.27. The van der Waals surface area contributed by atoms with E-state index in [1.807, 2.05) is 11.3 Å². The van der Waals surface area contributed by atoms with E-state index in [1.54, 1.807) is 0 Å². The van der Waals surface area contributed by atoms with Gasteiger partial charge >= 0.3 is 0 Å². The van der Waals surface area contributed by atoms with Crippen LogP contribution >= 0.6 is 11.3 Å². The van der Waals surface area contributed by atoms with Gasteiger partial charge < -0.3 is 9.32 Å². The standard InChI is InChI=1S/C56H35NOS/c1-3-13-36(14-4-1)43-34-50-49-23-11-21-46(39-16-5-2-6-17-39)55(49)59-56(50)52(35-43)57(44-30-27-38(28-31-44)42-26-25-37-15-7-8-19-41(37)33-42)51-24-12-22-47-48-32-29-40-18-9-10-20-45(40)53(48)58-54(47)51/h1-35H. The summed E-state index contributed by atoms with van der Waals surface area (Å²) in [5, 5.41) is 9.46. The maximum Gasteiger partial charge on any atom is 0.159 e. The Labute approximate surface area is 345 Å². The second kappa shape index (κ2) is 13.6. The van der Waals surface area contributed by atoms with Crippen LogP contribution in [0.2, 0.25) is 0 Å². The molecule has 0 saturated carbocycles. The van der Waals surface area contributed by atoms with Gasteiger partial charge in [0.25, 0.3) is 0 Å². The Morgan fingerprint density at radius 2 is 0.949 bits per heavy atom. The molecule has 0 amide bonds. The quantitative estimate of drug-likeness (QED) is 0.167. The highest BCUT2D eigenvalue weighted by Gasteiger charge is 2.25. The van der Waals surface area contributed by atoms with Crippen molar-refractivity contribution >= 4 is 92.1 Å². The predicted octanol–water partition coefficient (Wildman–Crippen LogP) is 16.7. The van der Waals surface area contributed by atoms with Gasteiger partial charge in [0.2, 0.25) is 0 Å². The van der Waals surface area contributed by atoms with Crippen LogP contribution in [0.25, 0.3) is 97.0 Å². The summed E-state index contributed by atoms with van der Waals surface area (Å²) < 4.78 is 9.58. The van der Waals surface area contributed by atoms with Gasteiger partial charge in [-0.3, -0.25) is 0 Å². The number of nitrogens with zero attached hydrogens (tertiary/aromatic N) is 1. The second-order valence-corrected chi connectivity index (χ2v) is 16.3. The van der Waals surface area contributed by atoms with Crippen molar-refractivity contribution in [3.63, 3.8) is 0 Å². The molecule has 10 aromatic carbocycles. The van der Waals surface area contributed by atoms with Gasteiger partial charge in [-0.25, -0.2) is 0 Å². The monoisotopic (exact) mass is 769 g/mol. The van der Waals surface area contributed by atoms with Crippen LogP contribution in [0.1, 0.15) is 0 Å². The smallest absolute Gasteiger partial charge is 0.159 e. The molecule has 0 fully saturated rings. The number of hydrogen-bond acceptors (Lipinski definition) is 3. The number of anilines is 3. The average Bonchev–Trinajstić information content (AvgIpc) is 3.89. The zero-order chi connectivity index (χ0) is 38.9. The molecule has 59 heavy (non-hydrogen) atoms. The van der Waals surface area contributed by atoms with Crippen molar-refractivity contribution in [3.05, 3.63) is 212 Å². The summed E-state index contributed by atoms with van der Waals surface area (Å²) in [5.74, 6) is 0. The molecule has 2 heterocycles. The maximum absolute atomic E-state index is 7.08. The van der Waals surface area contributed by atoms with Crippen LogP contribution in [-0.2, 0) is 0 Å². The molecule has 0 saturated heterocycles. The molecule has 0 atom stereocenters. The number of fused-ring (bicyclic) bond motifs is 9. The van der Waals surface area contributed by atoms with E-state index in [-0.39, 0.29) is 0 Å². The lowest BCUT2D eigenvalue weighted by molar-refractivity contribution is 0.673. The van der Waals surface area contributed by atoms with Gasteiger partial charge in [0.1, 0.15) is 5.58 Å². The molecular weight excluding hydrogens is 735 g/mol. The van der Waals surface area contributed by atoms with Crippen molar-refractivity contribution in [1.82, 2.24) is 0 Å². The van der Waals surface area contributed by atoms with Crippen molar-refractivity contribution in [2.75, 3.05) is 4.90 Å². The van der Waals surface area contributed by atoms with Gasteiger partial charge in [-0.05, 0) is 92.0 Å². The van der Waals surface area contributed by atoms with E-state index in [4.69, 9.17) is 4.42 Å². The average molecular weight is 770 g/mol. The van der Waals surface area contributed by atoms with Crippen molar-refractivity contribution in [3.8, 4) is 33.4 Å². The molecule has 0 unspecified atom stereocenters. The number of rotatable bonds is 6. The van der Waals surface area contributed by atoms with Crippen molar-refractivity contribution in [2.45, 2.75) is 0 Å². The third-order valence-electron chi connectivity index (χ3n) is 11.8. The fourth-order valence-electron chi connectivity index (χ4n) is 8.96. The summed E-state index contributed by atoms with van der Waals surface area (Å²) >= 11 is 1.87. The van der Waals surface area contributed by atoms with E-state index in [1.165, 1.54) is 69.7 Å². The molecule has 0 aliphatic carbocycles. The third-order valence-corrected chi connectivity index (χ3v) is 13.1. The molecule has 3 heteroatoms. The predicted molar refractivity (Wildman–Crippen MR) is 253 cm³/mol. The summed E-state index contributed by atoms with van der Waals surface area (Å²) in [4.78, 5) is 2.43. The zero-order valence-corrected chi connectivity index (χ0v) is 32.8. The minimum absolute atomic E-state index is 0.863. The summed E-state index contributed by atoms with van der Waals surface area (Å²) in [6.07, 6.45) is 0. The van der Waals surface area contributed by atoms with Gasteiger partial charge in [-0.2, -0.15) is 0 Å². The first-order valence-corrected chi connectivity index (χ1v) is 20.9. The van der Waals surface area contributed by atoms with Gasteiger partial charge in [-0.15, -0.1) is 11.3 Å².